The van der Waals surface area contributed by atoms with E-state index in [9.17, 15) is 14.4 Å². The first-order chi connectivity index (χ1) is 10.4. The molecule has 0 unspecified atom stereocenters. The zero-order valence-corrected chi connectivity index (χ0v) is 12.2. The number of carbonyl (C=O) groups is 3. The molecule has 7 heteroatoms. The number of ether oxygens (including phenoxy) is 1. The summed E-state index contributed by atoms with van der Waals surface area (Å²) in [5, 5.41) is 16.1. The molecule has 0 spiro atoms. The van der Waals surface area contributed by atoms with Gasteiger partial charge in [-0.15, -0.1) is 0 Å². The van der Waals surface area contributed by atoms with Gasteiger partial charge in [-0.1, -0.05) is 24.3 Å². The van der Waals surface area contributed by atoms with Crippen LogP contribution in [-0.2, 0) is 20.8 Å². The molecular weight excluding hydrogens is 290 g/mol. The molecule has 1 amide bonds. The van der Waals surface area contributed by atoms with Crippen LogP contribution in [0.2, 0.25) is 0 Å². The van der Waals surface area contributed by atoms with Crippen LogP contribution in [0.25, 0.3) is 0 Å². The third-order valence-electron chi connectivity index (χ3n) is 2.34. The van der Waals surface area contributed by atoms with Crippen molar-refractivity contribution in [2.45, 2.75) is 19.8 Å². The molecule has 0 aliphatic heterocycles. The minimum Gasteiger partial charge on any atom is -0.490 e. The number of amides is 1. The SMILES string of the molecule is C/C=C/COc1ccc(CCC(=O)O)cc1.NC(=O)C(=O)O. The Morgan fingerprint density at radius 3 is 2.14 bits per heavy atom. The Labute approximate surface area is 128 Å². The largest absolute Gasteiger partial charge is 0.490 e. The second-order valence-corrected chi connectivity index (χ2v) is 4.09. The van der Waals surface area contributed by atoms with Crippen molar-refractivity contribution in [2.24, 2.45) is 5.73 Å². The molecule has 0 saturated carbocycles. The highest BCUT2D eigenvalue weighted by molar-refractivity contribution is 6.30. The topological polar surface area (TPSA) is 127 Å². The number of aliphatic carboxylic acids is 2. The molecule has 0 aliphatic rings. The van der Waals surface area contributed by atoms with Crippen LogP contribution < -0.4 is 10.5 Å². The summed E-state index contributed by atoms with van der Waals surface area (Å²) in [7, 11) is 0. The van der Waals surface area contributed by atoms with Gasteiger partial charge in [-0.2, -0.15) is 0 Å². The van der Waals surface area contributed by atoms with E-state index in [4.69, 9.17) is 14.9 Å². The van der Waals surface area contributed by atoms with E-state index in [2.05, 4.69) is 5.73 Å². The summed E-state index contributed by atoms with van der Waals surface area (Å²) < 4.78 is 5.42. The number of benzene rings is 1. The summed E-state index contributed by atoms with van der Waals surface area (Å²) in [6, 6.07) is 7.52. The molecule has 4 N–H and O–H groups in total. The Bertz CT molecular complexity index is 509. The lowest BCUT2D eigenvalue weighted by atomic mass is 10.1. The van der Waals surface area contributed by atoms with Crippen molar-refractivity contribution >= 4 is 17.8 Å². The molecule has 0 aliphatic carbocycles. The van der Waals surface area contributed by atoms with E-state index >= 15 is 0 Å². The van der Waals surface area contributed by atoms with Gasteiger partial charge in [0.15, 0.2) is 0 Å². The lowest BCUT2D eigenvalue weighted by Gasteiger charge is -2.04. The minimum absolute atomic E-state index is 0.165. The highest BCUT2D eigenvalue weighted by Crippen LogP contribution is 2.13. The molecule has 0 radical (unpaired) electrons. The van der Waals surface area contributed by atoms with Gasteiger partial charge in [-0.3, -0.25) is 9.59 Å². The maximum absolute atomic E-state index is 10.4. The summed E-state index contributed by atoms with van der Waals surface area (Å²) in [5.41, 5.74) is 5.21. The van der Waals surface area contributed by atoms with E-state index in [1.54, 1.807) is 0 Å². The van der Waals surface area contributed by atoms with E-state index in [0.717, 1.165) is 11.3 Å². The Morgan fingerprint density at radius 1 is 1.18 bits per heavy atom. The van der Waals surface area contributed by atoms with Crippen molar-refractivity contribution in [1.29, 1.82) is 0 Å². The van der Waals surface area contributed by atoms with Crippen LogP contribution >= 0.6 is 0 Å². The molecule has 0 aromatic heterocycles. The zero-order chi connectivity index (χ0) is 17.0. The molecule has 0 bridgehead atoms. The second kappa shape index (κ2) is 10.9. The summed E-state index contributed by atoms with van der Waals surface area (Å²) >= 11 is 0. The second-order valence-electron chi connectivity index (χ2n) is 4.09. The quantitative estimate of drug-likeness (QED) is 0.535. The average Bonchev–Trinajstić information content (AvgIpc) is 2.47. The van der Waals surface area contributed by atoms with Crippen molar-refractivity contribution in [2.75, 3.05) is 6.61 Å². The highest BCUT2D eigenvalue weighted by Gasteiger charge is 2.00. The predicted octanol–water partition coefficient (Wildman–Crippen LogP) is 1.22. The van der Waals surface area contributed by atoms with Crippen molar-refractivity contribution < 1.29 is 29.3 Å². The number of rotatable bonds is 6. The number of hydrogen-bond donors (Lipinski definition) is 3. The number of nitrogens with two attached hydrogens (primary N) is 1. The number of aryl methyl sites for hydroxylation is 1. The summed E-state index contributed by atoms with van der Waals surface area (Å²) in [5.74, 6) is -2.89. The first kappa shape index (κ1) is 19.2. The number of allylic oxidation sites excluding steroid dienone is 1. The van der Waals surface area contributed by atoms with Gasteiger partial charge in [0.1, 0.15) is 12.4 Å². The smallest absolute Gasteiger partial charge is 0.394 e. The molecule has 0 fully saturated rings. The maximum atomic E-state index is 10.4. The number of carboxylic acids is 2. The molecule has 1 aromatic carbocycles. The van der Waals surface area contributed by atoms with Gasteiger partial charge in [0.2, 0.25) is 0 Å². The van der Waals surface area contributed by atoms with Gasteiger partial charge in [-0.05, 0) is 31.0 Å². The average molecular weight is 309 g/mol. The Balaban J connectivity index is 0.000000626. The first-order valence-electron chi connectivity index (χ1n) is 6.44. The van der Waals surface area contributed by atoms with E-state index in [-0.39, 0.29) is 6.42 Å². The number of carboxylic acid groups (broad SMARTS) is 2. The van der Waals surface area contributed by atoms with Gasteiger partial charge in [0, 0.05) is 6.42 Å². The maximum Gasteiger partial charge on any atom is 0.394 e. The lowest BCUT2D eigenvalue weighted by Crippen LogP contribution is -2.21. The predicted molar refractivity (Wildman–Crippen MR) is 79.5 cm³/mol. The molecule has 0 heterocycles. The first-order valence-corrected chi connectivity index (χ1v) is 6.44. The van der Waals surface area contributed by atoms with Gasteiger partial charge < -0.3 is 20.7 Å². The van der Waals surface area contributed by atoms with E-state index in [1.165, 1.54) is 0 Å². The standard InChI is InChI=1S/C13H16O3.C2H3NO3/c1-2-3-10-16-12-7-4-11(5-8-12)6-9-13(14)15;3-1(4)2(5)6/h2-5,7-8H,6,9-10H2,1H3,(H,14,15);(H2,3,4)(H,5,6)/b3-2+;. The van der Waals surface area contributed by atoms with Crippen LogP contribution in [0.5, 0.6) is 5.75 Å². The third-order valence-corrected chi connectivity index (χ3v) is 2.34. The fraction of sp³-hybridized carbons (Fsp3) is 0.267. The minimum atomic E-state index is -1.60. The highest BCUT2D eigenvalue weighted by atomic mass is 16.5. The third kappa shape index (κ3) is 10.0. The fourth-order valence-corrected chi connectivity index (χ4v) is 1.24. The van der Waals surface area contributed by atoms with Crippen LogP contribution in [0.1, 0.15) is 18.9 Å². The van der Waals surface area contributed by atoms with E-state index < -0.39 is 17.8 Å². The van der Waals surface area contributed by atoms with Gasteiger partial charge in [0.25, 0.3) is 0 Å². The summed E-state index contributed by atoms with van der Waals surface area (Å²) in [4.78, 5) is 28.9. The number of primary amides is 1. The number of carbonyl (C=O) groups excluding carboxylic acids is 1. The van der Waals surface area contributed by atoms with Crippen LogP contribution in [0.15, 0.2) is 36.4 Å². The number of hydrogen-bond acceptors (Lipinski definition) is 4. The van der Waals surface area contributed by atoms with Crippen LogP contribution in [0.3, 0.4) is 0 Å². The molecule has 0 atom stereocenters. The molecule has 0 saturated heterocycles. The monoisotopic (exact) mass is 309 g/mol. The fourth-order valence-electron chi connectivity index (χ4n) is 1.24. The van der Waals surface area contributed by atoms with E-state index in [0.29, 0.717) is 13.0 Å². The van der Waals surface area contributed by atoms with Crippen LogP contribution in [-0.4, -0.2) is 34.7 Å². The Hall–Kier alpha value is -2.83. The van der Waals surface area contributed by atoms with Crippen LogP contribution in [0, 0.1) is 0 Å². The van der Waals surface area contributed by atoms with Crippen molar-refractivity contribution in [3.8, 4) is 5.75 Å². The normalized spacial score (nSPS) is 9.68. The van der Waals surface area contributed by atoms with Crippen molar-refractivity contribution in [3.05, 3.63) is 42.0 Å². The Morgan fingerprint density at radius 2 is 1.73 bits per heavy atom. The molecule has 1 rings (SSSR count). The van der Waals surface area contributed by atoms with Crippen molar-refractivity contribution in [3.63, 3.8) is 0 Å². The van der Waals surface area contributed by atoms with Crippen molar-refractivity contribution in [1.82, 2.24) is 0 Å². The molecule has 1 aromatic rings. The molecule has 7 nitrogen and oxygen atoms in total. The van der Waals surface area contributed by atoms with Gasteiger partial charge in [0.05, 0.1) is 0 Å². The summed E-state index contributed by atoms with van der Waals surface area (Å²) in [6.45, 7) is 2.50. The van der Waals surface area contributed by atoms with Gasteiger partial charge in [-0.25, -0.2) is 4.79 Å². The summed E-state index contributed by atoms with van der Waals surface area (Å²) in [6.07, 6.45) is 4.59. The molecule has 22 heavy (non-hydrogen) atoms. The van der Waals surface area contributed by atoms with Gasteiger partial charge >= 0.3 is 17.8 Å². The van der Waals surface area contributed by atoms with Crippen LogP contribution in [0.4, 0.5) is 0 Å². The van der Waals surface area contributed by atoms with E-state index in [1.807, 2.05) is 43.3 Å². The lowest BCUT2D eigenvalue weighted by molar-refractivity contribution is -0.148. The Kier molecular flexibility index (Phi) is 9.50. The molecular formula is C15H19NO6. The molecule has 120 valence electrons. The zero-order valence-electron chi connectivity index (χ0n) is 12.2.